The minimum absolute atomic E-state index is 0.0615. The number of rotatable bonds is 1. The third-order valence-corrected chi connectivity index (χ3v) is 1.89. The summed E-state index contributed by atoms with van der Waals surface area (Å²) in [7, 11) is 0. The first-order chi connectivity index (χ1) is 6.18. The maximum Gasteiger partial charge on any atom is 0.159 e. The van der Waals surface area contributed by atoms with Crippen molar-refractivity contribution in [2.75, 3.05) is 5.73 Å². The van der Waals surface area contributed by atoms with Crippen molar-refractivity contribution in [2.24, 2.45) is 5.73 Å². The van der Waals surface area contributed by atoms with E-state index in [0.717, 1.165) is 11.2 Å². The Morgan fingerprint density at radius 1 is 1.46 bits per heavy atom. The number of nitrogens with zero attached hydrogens (tertiary/aromatic N) is 3. The van der Waals surface area contributed by atoms with E-state index in [1.807, 2.05) is 6.92 Å². The molecule has 0 aliphatic heterocycles. The Kier molecular flexibility index (Phi) is 1.66. The highest BCUT2D eigenvalue weighted by atomic mass is 15.2. The second-order valence-electron chi connectivity index (χ2n) is 3.04. The summed E-state index contributed by atoms with van der Waals surface area (Å²) in [5.74, 6) is 0. The summed E-state index contributed by atoms with van der Waals surface area (Å²) in [4.78, 5) is 4.16. The predicted octanol–water partition coefficient (Wildman–Crippen LogP) is 0.331. The molecule has 0 bridgehead atoms. The van der Waals surface area contributed by atoms with Gasteiger partial charge in [-0.15, -0.1) is 0 Å². The van der Waals surface area contributed by atoms with Gasteiger partial charge in [0.15, 0.2) is 5.65 Å². The zero-order valence-electron chi connectivity index (χ0n) is 7.31. The average molecular weight is 177 g/mol. The van der Waals surface area contributed by atoms with Crippen molar-refractivity contribution in [1.82, 2.24) is 14.6 Å². The van der Waals surface area contributed by atoms with Gasteiger partial charge in [-0.05, 0) is 6.92 Å². The molecule has 2 heterocycles. The Hall–Kier alpha value is -1.62. The van der Waals surface area contributed by atoms with E-state index in [-0.39, 0.29) is 6.04 Å². The molecule has 5 nitrogen and oxygen atoms in total. The van der Waals surface area contributed by atoms with Crippen molar-refractivity contribution < 1.29 is 0 Å². The van der Waals surface area contributed by atoms with Gasteiger partial charge in [0.1, 0.15) is 0 Å². The molecule has 5 heteroatoms. The average Bonchev–Trinajstić information content (AvgIpc) is 2.46. The highest BCUT2D eigenvalue weighted by Gasteiger charge is 2.08. The molecule has 1 atom stereocenters. The first-order valence-corrected chi connectivity index (χ1v) is 4.03. The van der Waals surface area contributed by atoms with Crippen molar-refractivity contribution in [3.05, 3.63) is 24.2 Å². The number of fused-ring (bicyclic) bond motifs is 1. The lowest BCUT2D eigenvalue weighted by Gasteiger charge is -2.01. The van der Waals surface area contributed by atoms with E-state index in [1.54, 1.807) is 23.1 Å². The molecule has 0 aliphatic carbocycles. The Morgan fingerprint density at radius 2 is 2.23 bits per heavy atom. The highest BCUT2D eigenvalue weighted by molar-refractivity contribution is 5.50. The second-order valence-corrected chi connectivity index (χ2v) is 3.04. The molecule has 0 aromatic carbocycles. The largest absolute Gasteiger partial charge is 0.396 e. The molecule has 4 N–H and O–H groups in total. The van der Waals surface area contributed by atoms with Gasteiger partial charge in [-0.3, -0.25) is 0 Å². The quantitative estimate of drug-likeness (QED) is 0.657. The molecular formula is C8H11N5. The second kappa shape index (κ2) is 2.70. The molecule has 2 aromatic rings. The molecule has 1 unspecified atom stereocenters. The van der Waals surface area contributed by atoms with Crippen LogP contribution in [0.25, 0.3) is 5.65 Å². The van der Waals surface area contributed by atoms with Gasteiger partial charge in [0.05, 0.1) is 24.3 Å². The molecule has 13 heavy (non-hydrogen) atoms. The van der Waals surface area contributed by atoms with Crippen molar-refractivity contribution in [3.8, 4) is 0 Å². The fraction of sp³-hybridized carbons (Fsp3) is 0.250. The Balaban J connectivity index is 2.69. The molecule has 0 fully saturated rings. The lowest BCUT2D eigenvalue weighted by Crippen LogP contribution is -2.05. The van der Waals surface area contributed by atoms with Gasteiger partial charge in [-0.25, -0.2) is 9.50 Å². The highest BCUT2D eigenvalue weighted by Crippen LogP contribution is 2.15. The summed E-state index contributed by atoms with van der Waals surface area (Å²) >= 11 is 0. The molecule has 0 aliphatic rings. The van der Waals surface area contributed by atoms with Gasteiger partial charge in [0.25, 0.3) is 0 Å². The molecule has 0 saturated heterocycles. The number of nitrogen functional groups attached to an aromatic ring is 1. The van der Waals surface area contributed by atoms with Gasteiger partial charge in [-0.2, -0.15) is 5.10 Å². The predicted molar refractivity (Wildman–Crippen MR) is 50.0 cm³/mol. The normalized spacial score (nSPS) is 13.4. The number of hydrogen-bond acceptors (Lipinski definition) is 4. The van der Waals surface area contributed by atoms with Gasteiger partial charge in [-0.1, -0.05) is 0 Å². The fourth-order valence-corrected chi connectivity index (χ4v) is 1.23. The smallest absolute Gasteiger partial charge is 0.159 e. The maximum atomic E-state index is 5.74. The first kappa shape index (κ1) is 8.00. The summed E-state index contributed by atoms with van der Waals surface area (Å²) in [5, 5.41) is 4.09. The SMILES string of the molecule is CC(N)c1cnn2cc(N)cnc12. The number of anilines is 1. The molecular weight excluding hydrogens is 166 g/mol. The van der Waals surface area contributed by atoms with Crippen molar-refractivity contribution >= 4 is 11.3 Å². The minimum atomic E-state index is -0.0615. The van der Waals surface area contributed by atoms with Crippen molar-refractivity contribution in [1.29, 1.82) is 0 Å². The number of hydrogen-bond donors (Lipinski definition) is 2. The van der Waals surface area contributed by atoms with Gasteiger partial charge in [0, 0.05) is 11.6 Å². The van der Waals surface area contributed by atoms with E-state index in [4.69, 9.17) is 11.5 Å². The van der Waals surface area contributed by atoms with E-state index in [9.17, 15) is 0 Å². The zero-order valence-corrected chi connectivity index (χ0v) is 7.31. The van der Waals surface area contributed by atoms with Crippen molar-refractivity contribution in [2.45, 2.75) is 13.0 Å². The standard InChI is InChI=1S/C8H11N5/c1-5(9)7-3-12-13-4-6(10)2-11-8(7)13/h2-5H,9-10H2,1H3. The van der Waals surface area contributed by atoms with Crippen LogP contribution in [0.1, 0.15) is 18.5 Å². The van der Waals surface area contributed by atoms with Crippen LogP contribution < -0.4 is 11.5 Å². The van der Waals surface area contributed by atoms with E-state index >= 15 is 0 Å². The molecule has 0 amide bonds. The summed E-state index contributed by atoms with van der Waals surface area (Å²) in [6.45, 7) is 1.90. The van der Waals surface area contributed by atoms with E-state index in [2.05, 4.69) is 10.1 Å². The molecule has 2 rings (SSSR count). The van der Waals surface area contributed by atoms with E-state index < -0.39 is 0 Å². The van der Waals surface area contributed by atoms with Crippen LogP contribution in [-0.2, 0) is 0 Å². The van der Waals surface area contributed by atoms with Crippen LogP contribution in [-0.4, -0.2) is 14.6 Å². The van der Waals surface area contributed by atoms with Crippen LogP contribution in [0.3, 0.4) is 0 Å². The first-order valence-electron chi connectivity index (χ1n) is 4.03. The van der Waals surface area contributed by atoms with Crippen LogP contribution in [0.15, 0.2) is 18.6 Å². The van der Waals surface area contributed by atoms with Gasteiger partial charge >= 0.3 is 0 Å². The van der Waals surface area contributed by atoms with E-state index in [0.29, 0.717) is 5.69 Å². The third kappa shape index (κ3) is 1.23. The summed E-state index contributed by atoms with van der Waals surface area (Å²) in [6, 6.07) is -0.0615. The molecule has 68 valence electrons. The zero-order chi connectivity index (χ0) is 9.42. The van der Waals surface area contributed by atoms with Crippen LogP contribution in [0, 0.1) is 0 Å². The topological polar surface area (TPSA) is 82.2 Å². The van der Waals surface area contributed by atoms with E-state index in [1.165, 1.54) is 0 Å². The monoisotopic (exact) mass is 177 g/mol. The minimum Gasteiger partial charge on any atom is -0.396 e. The maximum absolute atomic E-state index is 5.74. The number of aromatic nitrogens is 3. The van der Waals surface area contributed by atoms with Gasteiger partial charge < -0.3 is 11.5 Å². The summed E-state index contributed by atoms with van der Waals surface area (Å²) in [6.07, 6.45) is 5.03. The van der Waals surface area contributed by atoms with Gasteiger partial charge in [0.2, 0.25) is 0 Å². The molecule has 0 spiro atoms. The lowest BCUT2D eigenvalue weighted by atomic mass is 10.2. The van der Waals surface area contributed by atoms with Crippen LogP contribution in [0.5, 0.6) is 0 Å². The number of nitrogens with two attached hydrogens (primary N) is 2. The molecule has 0 radical (unpaired) electrons. The Morgan fingerprint density at radius 3 is 2.92 bits per heavy atom. The third-order valence-electron chi connectivity index (χ3n) is 1.89. The fourth-order valence-electron chi connectivity index (χ4n) is 1.23. The molecule has 2 aromatic heterocycles. The van der Waals surface area contributed by atoms with Crippen molar-refractivity contribution in [3.63, 3.8) is 0 Å². The summed E-state index contributed by atoms with van der Waals surface area (Å²) < 4.78 is 1.63. The summed E-state index contributed by atoms with van der Waals surface area (Å²) in [5.41, 5.74) is 13.6. The van der Waals surface area contributed by atoms with Crippen LogP contribution >= 0.6 is 0 Å². The Bertz CT molecular complexity index is 431. The van der Waals surface area contributed by atoms with Crippen LogP contribution in [0.2, 0.25) is 0 Å². The van der Waals surface area contributed by atoms with Crippen LogP contribution in [0.4, 0.5) is 5.69 Å². The Labute approximate surface area is 75.4 Å². The molecule has 0 saturated carbocycles. The lowest BCUT2D eigenvalue weighted by molar-refractivity contribution is 0.823.